The molecular weight excluding hydrogens is 292 g/mol. The highest BCUT2D eigenvalue weighted by Crippen LogP contribution is 2.52. The summed E-state index contributed by atoms with van der Waals surface area (Å²) in [5.74, 6) is 2.31. The first-order chi connectivity index (χ1) is 10.9. The van der Waals surface area contributed by atoms with Gasteiger partial charge in [-0.25, -0.2) is 0 Å². The van der Waals surface area contributed by atoms with Gasteiger partial charge < -0.3 is 9.47 Å². The monoisotopic (exact) mass is 310 g/mol. The average Bonchev–Trinajstić information content (AvgIpc) is 3.09. The summed E-state index contributed by atoms with van der Waals surface area (Å²) in [6.07, 6.45) is 3.88. The molecule has 2 aliphatic heterocycles. The van der Waals surface area contributed by atoms with Crippen molar-refractivity contribution >= 4 is 11.8 Å². The van der Waals surface area contributed by atoms with E-state index in [9.17, 15) is 0 Å². The van der Waals surface area contributed by atoms with Gasteiger partial charge in [-0.3, -0.25) is 0 Å². The molecule has 2 aromatic rings. The number of para-hydroxylation sites is 1. The first-order valence-corrected chi connectivity index (χ1v) is 8.82. The number of rotatable bonds is 4. The molecular formula is C19H18O2S. The van der Waals surface area contributed by atoms with Crippen molar-refractivity contribution in [2.45, 2.75) is 25.0 Å². The van der Waals surface area contributed by atoms with E-state index in [1.807, 2.05) is 12.1 Å². The molecule has 2 aliphatic rings. The second kappa shape index (κ2) is 5.73. The van der Waals surface area contributed by atoms with Crippen molar-refractivity contribution in [2.24, 2.45) is 0 Å². The lowest BCUT2D eigenvalue weighted by atomic mass is 9.99. The fourth-order valence-electron chi connectivity index (χ4n) is 3.24. The number of fused-ring (bicyclic) bond motifs is 3. The highest BCUT2D eigenvalue weighted by atomic mass is 32.2. The first-order valence-electron chi connectivity index (χ1n) is 7.60. The van der Waals surface area contributed by atoms with Gasteiger partial charge in [0.25, 0.3) is 6.29 Å². The molecule has 0 saturated heterocycles. The third-order valence-electron chi connectivity index (χ3n) is 4.29. The molecule has 0 bridgehead atoms. The second-order valence-electron chi connectivity index (χ2n) is 5.60. The Bertz CT molecular complexity index is 708. The van der Waals surface area contributed by atoms with Gasteiger partial charge in [-0.05, 0) is 24.3 Å². The fourth-order valence-corrected chi connectivity index (χ4v) is 4.11. The molecule has 2 aromatic carbocycles. The van der Waals surface area contributed by atoms with Gasteiger partial charge in [-0.15, -0.1) is 11.8 Å². The quantitative estimate of drug-likeness (QED) is 0.813. The number of hydrogen-bond donors (Lipinski definition) is 0. The lowest BCUT2D eigenvalue weighted by molar-refractivity contribution is -0.0210. The Morgan fingerprint density at radius 2 is 1.68 bits per heavy atom. The van der Waals surface area contributed by atoms with Crippen molar-refractivity contribution in [2.75, 3.05) is 6.26 Å². The van der Waals surface area contributed by atoms with Crippen LogP contribution in [0.3, 0.4) is 0 Å². The Morgan fingerprint density at radius 3 is 2.50 bits per heavy atom. The van der Waals surface area contributed by atoms with E-state index in [0.29, 0.717) is 0 Å². The number of hydrogen-bond acceptors (Lipinski definition) is 3. The minimum absolute atomic E-state index is 0.175. The lowest BCUT2D eigenvalue weighted by Gasteiger charge is -2.11. The van der Waals surface area contributed by atoms with Crippen LogP contribution in [0.2, 0.25) is 0 Å². The topological polar surface area (TPSA) is 18.5 Å². The minimum atomic E-state index is -0.175. The van der Waals surface area contributed by atoms with Crippen LogP contribution in [0.15, 0.2) is 65.3 Å². The van der Waals surface area contributed by atoms with E-state index in [1.165, 1.54) is 16.0 Å². The number of allylic oxidation sites excluding steroid dienone is 1. The number of aryl methyl sites for hydroxylation is 1. The molecule has 0 radical (unpaired) electrons. The van der Waals surface area contributed by atoms with Crippen LogP contribution in [0.4, 0.5) is 0 Å². The Kier molecular flexibility index (Phi) is 3.59. The van der Waals surface area contributed by atoms with Crippen LogP contribution in [0.5, 0.6) is 5.75 Å². The van der Waals surface area contributed by atoms with Crippen LogP contribution in [0.1, 0.15) is 23.5 Å². The summed E-state index contributed by atoms with van der Waals surface area (Å²) < 4.78 is 12.1. The molecule has 0 aromatic heterocycles. The summed E-state index contributed by atoms with van der Waals surface area (Å²) >= 11 is 1.79. The summed E-state index contributed by atoms with van der Waals surface area (Å²) in [4.78, 5) is 1.32. The smallest absolute Gasteiger partial charge is 0.252 e. The summed E-state index contributed by atoms with van der Waals surface area (Å²) in [6, 6.07) is 18.8. The van der Waals surface area contributed by atoms with Gasteiger partial charge in [0.2, 0.25) is 0 Å². The third kappa shape index (κ3) is 2.30. The van der Waals surface area contributed by atoms with Crippen molar-refractivity contribution in [3.8, 4) is 5.75 Å². The molecule has 0 amide bonds. The van der Waals surface area contributed by atoms with E-state index < -0.39 is 0 Å². The van der Waals surface area contributed by atoms with E-state index in [-0.39, 0.29) is 12.2 Å². The molecule has 0 saturated carbocycles. The average molecular weight is 310 g/mol. The first kappa shape index (κ1) is 13.8. The zero-order valence-corrected chi connectivity index (χ0v) is 13.3. The molecule has 22 heavy (non-hydrogen) atoms. The SMILES string of the molecule is CSC1=C(CCc2ccccc2)OC2Oc3ccccc3C12. The molecule has 2 unspecified atom stereocenters. The Morgan fingerprint density at radius 1 is 0.909 bits per heavy atom. The minimum Gasteiger partial charge on any atom is -0.457 e. The standard InChI is InChI=1S/C19H18O2S/c1-22-18-16(12-11-13-7-3-2-4-8-13)21-19-17(18)14-9-5-6-10-15(14)20-19/h2-10,17,19H,11-12H2,1H3. The predicted molar refractivity (Wildman–Crippen MR) is 90.0 cm³/mol. The van der Waals surface area contributed by atoms with Crippen LogP contribution in [0, 0.1) is 0 Å². The molecule has 2 nitrogen and oxygen atoms in total. The Hall–Kier alpha value is -1.87. The zero-order valence-electron chi connectivity index (χ0n) is 12.5. The molecule has 0 N–H and O–H groups in total. The maximum absolute atomic E-state index is 6.13. The Labute approximate surface area is 135 Å². The van der Waals surface area contributed by atoms with Crippen molar-refractivity contribution in [3.63, 3.8) is 0 Å². The van der Waals surface area contributed by atoms with E-state index in [0.717, 1.165) is 24.4 Å². The normalized spacial score (nSPS) is 22.0. The van der Waals surface area contributed by atoms with Crippen LogP contribution in [-0.2, 0) is 11.2 Å². The Balaban J connectivity index is 1.58. The van der Waals surface area contributed by atoms with E-state index in [2.05, 4.69) is 48.7 Å². The molecule has 3 heteroatoms. The largest absolute Gasteiger partial charge is 0.457 e. The second-order valence-corrected chi connectivity index (χ2v) is 6.44. The molecule has 0 aliphatic carbocycles. The molecule has 2 atom stereocenters. The summed E-state index contributed by atoms with van der Waals surface area (Å²) in [5.41, 5.74) is 2.60. The van der Waals surface area contributed by atoms with Gasteiger partial charge in [0, 0.05) is 16.9 Å². The van der Waals surface area contributed by atoms with Gasteiger partial charge in [0.1, 0.15) is 11.5 Å². The highest BCUT2D eigenvalue weighted by Gasteiger charge is 2.44. The predicted octanol–water partition coefficient (Wildman–Crippen LogP) is 4.73. The van der Waals surface area contributed by atoms with Crippen LogP contribution < -0.4 is 4.74 Å². The maximum Gasteiger partial charge on any atom is 0.252 e. The van der Waals surface area contributed by atoms with Crippen molar-refractivity contribution in [1.29, 1.82) is 0 Å². The van der Waals surface area contributed by atoms with Crippen LogP contribution >= 0.6 is 11.8 Å². The van der Waals surface area contributed by atoms with Gasteiger partial charge >= 0.3 is 0 Å². The summed E-state index contributed by atoms with van der Waals surface area (Å²) in [6.45, 7) is 0. The van der Waals surface area contributed by atoms with Gasteiger partial charge in [0.15, 0.2) is 0 Å². The molecule has 0 fully saturated rings. The molecule has 4 rings (SSSR count). The third-order valence-corrected chi connectivity index (χ3v) is 5.21. The number of thioether (sulfide) groups is 1. The lowest BCUT2D eigenvalue weighted by Crippen LogP contribution is -2.16. The number of benzene rings is 2. The van der Waals surface area contributed by atoms with E-state index >= 15 is 0 Å². The van der Waals surface area contributed by atoms with E-state index in [1.54, 1.807) is 11.8 Å². The maximum atomic E-state index is 6.13. The summed E-state index contributed by atoms with van der Waals surface area (Å²) in [5, 5.41) is 0. The molecule has 2 heterocycles. The van der Waals surface area contributed by atoms with Crippen LogP contribution in [0.25, 0.3) is 0 Å². The van der Waals surface area contributed by atoms with Gasteiger partial charge in [-0.2, -0.15) is 0 Å². The van der Waals surface area contributed by atoms with Crippen molar-refractivity contribution in [3.05, 3.63) is 76.4 Å². The van der Waals surface area contributed by atoms with Crippen LogP contribution in [-0.4, -0.2) is 12.5 Å². The summed E-state index contributed by atoms with van der Waals surface area (Å²) in [7, 11) is 0. The zero-order chi connectivity index (χ0) is 14.9. The van der Waals surface area contributed by atoms with Crippen molar-refractivity contribution in [1.82, 2.24) is 0 Å². The molecule has 0 spiro atoms. The van der Waals surface area contributed by atoms with Gasteiger partial charge in [-0.1, -0.05) is 48.5 Å². The molecule has 112 valence electrons. The highest BCUT2D eigenvalue weighted by molar-refractivity contribution is 8.02. The number of ether oxygens (including phenoxy) is 2. The van der Waals surface area contributed by atoms with Gasteiger partial charge in [0.05, 0.1) is 5.92 Å². The van der Waals surface area contributed by atoms with Crippen molar-refractivity contribution < 1.29 is 9.47 Å². The van der Waals surface area contributed by atoms with E-state index in [4.69, 9.17) is 9.47 Å². The fraction of sp³-hybridized carbons (Fsp3) is 0.263.